The Kier molecular flexibility index (Phi) is 2.77. The summed E-state index contributed by atoms with van der Waals surface area (Å²) in [5.41, 5.74) is 2.66. The molecule has 0 amide bonds. The lowest BCUT2D eigenvalue weighted by atomic mass is 10.2. The van der Waals surface area contributed by atoms with Crippen molar-refractivity contribution in [1.82, 2.24) is 29.6 Å². The Morgan fingerprint density at radius 3 is 2.74 bits per heavy atom. The van der Waals surface area contributed by atoms with Crippen LogP contribution in [0.15, 0.2) is 24.5 Å². The first-order valence-corrected chi connectivity index (χ1v) is 6.45. The Balaban J connectivity index is 2.08. The van der Waals surface area contributed by atoms with E-state index in [-0.39, 0.29) is 0 Å². The molecule has 6 heteroatoms. The molecule has 6 nitrogen and oxygen atoms in total. The van der Waals surface area contributed by atoms with Gasteiger partial charge in [-0.25, -0.2) is 0 Å². The zero-order valence-electron chi connectivity index (χ0n) is 11.3. The van der Waals surface area contributed by atoms with E-state index < -0.39 is 0 Å². The standard InChI is InChI=1S/C13H16N6/c1-4-12-15-16-13-6-5-11(17-19(12)13)10-7-14-18(8-10)9(2)3/h5-9H,4H2,1-3H3. The van der Waals surface area contributed by atoms with Crippen molar-refractivity contribution in [2.45, 2.75) is 33.2 Å². The molecule has 0 aromatic carbocycles. The van der Waals surface area contributed by atoms with Crippen molar-refractivity contribution in [3.8, 4) is 11.3 Å². The van der Waals surface area contributed by atoms with Crippen LogP contribution in [0.4, 0.5) is 0 Å². The molecule has 0 spiro atoms. The molecule has 0 unspecified atom stereocenters. The zero-order valence-corrected chi connectivity index (χ0v) is 11.3. The van der Waals surface area contributed by atoms with Crippen molar-refractivity contribution in [3.63, 3.8) is 0 Å². The molecule has 0 aliphatic heterocycles. The Hall–Kier alpha value is -2.24. The van der Waals surface area contributed by atoms with E-state index in [0.29, 0.717) is 6.04 Å². The topological polar surface area (TPSA) is 60.9 Å². The van der Waals surface area contributed by atoms with Gasteiger partial charge in [-0.05, 0) is 26.0 Å². The summed E-state index contributed by atoms with van der Waals surface area (Å²) < 4.78 is 3.72. The van der Waals surface area contributed by atoms with Gasteiger partial charge in [0.05, 0.1) is 11.9 Å². The van der Waals surface area contributed by atoms with Crippen LogP contribution in [0.3, 0.4) is 0 Å². The Labute approximate surface area is 111 Å². The molecule has 98 valence electrons. The minimum atomic E-state index is 0.346. The van der Waals surface area contributed by atoms with Crippen molar-refractivity contribution < 1.29 is 0 Å². The van der Waals surface area contributed by atoms with E-state index in [2.05, 4.69) is 34.2 Å². The highest BCUT2D eigenvalue weighted by Crippen LogP contribution is 2.18. The van der Waals surface area contributed by atoms with Gasteiger partial charge in [-0.2, -0.15) is 14.7 Å². The first kappa shape index (κ1) is 11.8. The molecule has 3 aromatic heterocycles. The third-order valence-electron chi connectivity index (χ3n) is 3.07. The number of fused-ring (bicyclic) bond motifs is 1. The van der Waals surface area contributed by atoms with E-state index in [4.69, 9.17) is 0 Å². The monoisotopic (exact) mass is 256 g/mol. The summed E-state index contributed by atoms with van der Waals surface area (Å²) in [6.07, 6.45) is 4.65. The maximum absolute atomic E-state index is 4.59. The fourth-order valence-corrected chi connectivity index (χ4v) is 1.96. The van der Waals surface area contributed by atoms with E-state index in [1.165, 1.54) is 0 Å². The van der Waals surface area contributed by atoms with Gasteiger partial charge in [-0.3, -0.25) is 4.68 Å². The fraction of sp³-hybridized carbons (Fsp3) is 0.385. The quantitative estimate of drug-likeness (QED) is 0.720. The highest BCUT2D eigenvalue weighted by Gasteiger charge is 2.09. The first-order valence-electron chi connectivity index (χ1n) is 6.45. The van der Waals surface area contributed by atoms with Crippen molar-refractivity contribution >= 4 is 5.65 Å². The van der Waals surface area contributed by atoms with Crippen molar-refractivity contribution in [1.29, 1.82) is 0 Å². The molecule has 0 saturated carbocycles. The lowest BCUT2D eigenvalue weighted by Crippen LogP contribution is -2.00. The first-order chi connectivity index (χ1) is 9.19. The summed E-state index contributed by atoms with van der Waals surface area (Å²) in [5, 5.41) is 17.1. The predicted molar refractivity (Wildman–Crippen MR) is 71.8 cm³/mol. The molecule has 0 atom stereocenters. The van der Waals surface area contributed by atoms with Gasteiger partial charge in [0, 0.05) is 24.2 Å². The van der Waals surface area contributed by atoms with Crippen LogP contribution in [0.1, 0.15) is 32.6 Å². The minimum absolute atomic E-state index is 0.346. The van der Waals surface area contributed by atoms with E-state index in [1.807, 2.05) is 36.1 Å². The molecule has 0 radical (unpaired) electrons. The van der Waals surface area contributed by atoms with Gasteiger partial charge in [0.1, 0.15) is 0 Å². The molecule has 19 heavy (non-hydrogen) atoms. The fourth-order valence-electron chi connectivity index (χ4n) is 1.96. The van der Waals surface area contributed by atoms with E-state index in [9.17, 15) is 0 Å². The Morgan fingerprint density at radius 2 is 2.05 bits per heavy atom. The second-order valence-corrected chi connectivity index (χ2v) is 4.76. The molecule has 3 heterocycles. The van der Waals surface area contributed by atoms with Crippen LogP contribution in [-0.2, 0) is 6.42 Å². The van der Waals surface area contributed by atoms with Gasteiger partial charge in [0.15, 0.2) is 11.5 Å². The van der Waals surface area contributed by atoms with Gasteiger partial charge in [-0.15, -0.1) is 10.2 Å². The number of rotatable bonds is 3. The maximum Gasteiger partial charge on any atom is 0.177 e. The number of aryl methyl sites for hydroxylation is 1. The predicted octanol–water partition coefficient (Wildman–Crippen LogP) is 2.13. The number of hydrogen-bond acceptors (Lipinski definition) is 4. The SMILES string of the molecule is CCc1nnc2ccc(-c3cnn(C(C)C)c3)nn12. The van der Waals surface area contributed by atoms with Crippen LogP contribution >= 0.6 is 0 Å². The van der Waals surface area contributed by atoms with Crippen LogP contribution in [0.5, 0.6) is 0 Å². The van der Waals surface area contributed by atoms with E-state index >= 15 is 0 Å². The summed E-state index contributed by atoms with van der Waals surface area (Å²) in [6, 6.07) is 4.23. The maximum atomic E-state index is 4.59. The normalized spacial score (nSPS) is 11.6. The van der Waals surface area contributed by atoms with Gasteiger partial charge in [-0.1, -0.05) is 6.92 Å². The second kappa shape index (κ2) is 4.46. The smallest absolute Gasteiger partial charge is 0.177 e. The summed E-state index contributed by atoms with van der Waals surface area (Å²) in [7, 11) is 0. The summed E-state index contributed by atoms with van der Waals surface area (Å²) in [5.74, 6) is 0.869. The third-order valence-corrected chi connectivity index (χ3v) is 3.07. The molecule has 3 aromatic rings. The molecular weight excluding hydrogens is 240 g/mol. The lowest BCUT2D eigenvalue weighted by Gasteiger charge is -2.03. The van der Waals surface area contributed by atoms with Gasteiger partial charge in [0.25, 0.3) is 0 Å². The Bertz CT molecular complexity index is 709. The van der Waals surface area contributed by atoms with Crippen LogP contribution < -0.4 is 0 Å². The number of nitrogens with zero attached hydrogens (tertiary/aromatic N) is 6. The Morgan fingerprint density at radius 1 is 1.21 bits per heavy atom. The van der Waals surface area contributed by atoms with Crippen LogP contribution in [0.2, 0.25) is 0 Å². The molecule has 0 aliphatic rings. The summed E-state index contributed by atoms with van der Waals surface area (Å²) in [4.78, 5) is 0. The zero-order chi connectivity index (χ0) is 13.4. The molecule has 3 rings (SSSR count). The molecule has 0 saturated heterocycles. The van der Waals surface area contributed by atoms with E-state index in [1.54, 1.807) is 4.52 Å². The number of hydrogen-bond donors (Lipinski definition) is 0. The van der Waals surface area contributed by atoms with Crippen molar-refractivity contribution in [3.05, 3.63) is 30.4 Å². The largest absolute Gasteiger partial charge is 0.270 e. The van der Waals surface area contributed by atoms with Gasteiger partial charge < -0.3 is 0 Å². The van der Waals surface area contributed by atoms with E-state index in [0.717, 1.165) is 29.1 Å². The lowest BCUT2D eigenvalue weighted by molar-refractivity contribution is 0.532. The molecule has 0 bridgehead atoms. The average Bonchev–Trinajstić information content (AvgIpc) is 3.04. The number of aromatic nitrogens is 6. The third kappa shape index (κ3) is 1.99. The van der Waals surface area contributed by atoms with Crippen molar-refractivity contribution in [2.75, 3.05) is 0 Å². The van der Waals surface area contributed by atoms with Gasteiger partial charge >= 0.3 is 0 Å². The summed E-state index contributed by atoms with van der Waals surface area (Å²) in [6.45, 7) is 6.24. The second-order valence-electron chi connectivity index (χ2n) is 4.76. The van der Waals surface area contributed by atoms with Gasteiger partial charge in [0.2, 0.25) is 0 Å². The minimum Gasteiger partial charge on any atom is -0.270 e. The molecular formula is C13H16N6. The summed E-state index contributed by atoms with van der Waals surface area (Å²) >= 11 is 0. The highest BCUT2D eigenvalue weighted by molar-refractivity contribution is 5.58. The van der Waals surface area contributed by atoms with Crippen LogP contribution in [0.25, 0.3) is 16.9 Å². The van der Waals surface area contributed by atoms with Crippen LogP contribution in [0, 0.1) is 0 Å². The molecule has 0 aliphatic carbocycles. The molecule has 0 N–H and O–H groups in total. The van der Waals surface area contributed by atoms with Crippen molar-refractivity contribution in [2.24, 2.45) is 0 Å². The molecule has 0 fully saturated rings. The average molecular weight is 256 g/mol. The van der Waals surface area contributed by atoms with Crippen LogP contribution in [-0.4, -0.2) is 29.6 Å². The highest BCUT2D eigenvalue weighted by atomic mass is 15.4.